The first-order valence-corrected chi connectivity index (χ1v) is 14.1. The SMILES string of the molecule is Cc1ccc(C(=O)CSc2ccc(NC(=O)/C(=C/c3ccc(C(C)C)cc3)NC(=O)c3ccccc3)cc2)cc1. The standard InChI is InChI=1S/C34H32N2O3S/c1-23(2)26-15-11-25(12-16-26)21-31(36-33(38)28-7-5-4-6-8-28)34(39)35-29-17-19-30(20-18-29)40-22-32(37)27-13-9-24(3)10-14-27/h4-21,23H,22H2,1-3H3,(H,35,39)(H,36,38)/b31-21-. The molecule has 2 N–H and O–H groups in total. The first kappa shape index (κ1) is 28.6. The van der Waals surface area contributed by atoms with Crippen molar-refractivity contribution in [2.75, 3.05) is 11.1 Å². The van der Waals surface area contributed by atoms with E-state index in [4.69, 9.17) is 0 Å². The number of ketones is 1. The van der Waals surface area contributed by atoms with Gasteiger partial charge in [-0.3, -0.25) is 14.4 Å². The van der Waals surface area contributed by atoms with E-state index in [0.717, 1.165) is 16.0 Å². The van der Waals surface area contributed by atoms with Gasteiger partial charge in [-0.2, -0.15) is 0 Å². The van der Waals surface area contributed by atoms with Crippen molar-refractivity contribution in [2.24, 2.45) is 0 Å². The van der Waals surface area contributed by atoms with Gasteiger partial charge < -0.3 is 10.6 Å². The molecule has 0 saturated carbocycles. The number of hydrogen-bond acceptors (Lipinski definition) is 4. The second-order valence-electron chi connectivity index (χ2n) is 9.76. The van der Waals surface area contributed by atoms with E-state index in [9.17, 15) is 14.4 Å². The number of nitrogens with one attached hydrogen (secondary N) is 2. The smallest absolute Gasteiger partial charge is 0.272 e. The molecule has 0 unspecified atom stereocenters. The van der Waals surface area contributed by atoms with E-state index in [1.165, 1.54) is 17.3 Å². The Morgan fingerprint density at radius 2 is 1.43 bits per heavy atom. The molecule has 40 heavy (non-hydrogen) atoms. The van der Waals surface area contributed by atoms with Gasteiger partial charge in [-0.25, -0.2) is 0 Å². The number of hydrogen-bond donors (Lipinski definition) is 2. The Labute approximate surface area is 239 Å². The molecule has 0 saturated heterocycles. The van der Waals surface area contributed by atoms with E-state index < -0.39 is 5.91 Å². The van der Waals surface area contributed by atoms with Crippen molar-refractivity contribution in [3.8, 4) is 0 Å². The van der Waals surface area contributed by atoms with Crippen LogP contribution in [0.5, 0.6) is 0 Å². The molecule has 0 radical (unpaired) electrons. The summed E-state index contributed by atoms with van der Waals surface area (Å²) in [6.07, 6.45) is 1.67. The number of Topliss-reactive ketones (excluding diaryl/α,β-unsaturated/α-hetero) is 1. The van der Waals surface area contributed by atoms with Crippen molar-refractivity contribution in [3.63, 3.8) is 0 Å². The lowest BCUT2D eigenvalue weighted by Gasteiger charge is -2.12. The van der Waals surface area contributed by atoms with Crippen LogP contribution in [0.25, 0.3) is 6.08 Å². The van der Waals surface area contributed by atoms with Crippen LogP contribution < -0.4 is 10.6 Å². The minimum absolute atomic E-state index is 0.0627. The largest absolute Gasteiger partial charge is 0.321 e. The molecular weight excluding hydrogens is 516 g/mol. The summed E-state index contributed by atoms with van der Waals surface area (Å²) < 4.78 is 0. The zero-order valence-electron chi connectivity index (χ0n) is 22.8. The highest BCUT2D eigenvalue weighted by Gasteiger charge is 2.15. The predicted octanol–water partition coefficient (Wildman–Crippen LogP) is 7.50. The summed E-state index contributed by atoms with van der Waals surface area (Å²) in [5.41, 5.74) is 4.96. The Hall–Kier alpha value is -4.42. The van der Waals surface area contributed by atoms with E-state index in [0.29, 0.717) is 28.5 Å². The molecule has 0 aromatic heterocycles. The normalized spacial score (nSPS) is 11.2. The molecule has 0 heterocycles. The number of carbonyl (C=O) groups excluding carboxylic acids is 3. The van der Waals surface area contributed by atoms with Crippen LogP contribution in [0, 0.1) is 6.92 Å². The van der Waals surface area contributed by atoms with Gasteiger partial charge in [0, 0.05) is 21.7 Å². The lowest BCUT2D eigenvalue weighted by molar-refractivity contribution is -0.113. The summed E-state index contributed by atoms with van der Waals surface area (Å²) in [5.74, 6) is -0.0332. The number of rotatable bonds is 10. The molecule has 0 bridgehead atoms. The van der Waals surface area contributed by atoms with Crippen molar-refractivity contribution in [1.82, 2.24) is 5.32 Å². The monoisotopic (exact) mass is 548 g/mol. The van der Waals surface area contributed by atoms with Crippen molar-refractivity contribution in [2.45, 2.75) is 31.6 Å². The van der Waals surface area contributed by atoms with Crippen LogP contribution in [0.2, 0.25) is 0 Å². The molecule has 0 aliphatic rings. The molecule has 0 aliphatic heterocycles. The van der Waals surface area contributed by atoms with E-state index in [1.54, 1.807) is 42.5 Å². The average molecular weight is 549 g/mol. The summed E-state index contributed by atoms with van der Waals surface area (Å²) in [6, 6.07) is 31.5. The Balaban J connectivity index is 1.45. The van der Waals surface area contributed by atoms with E-state index in [2.05, 4.69) is 24.5 Å². The lowest BCUT2D eigenvalue weighted by Crippen LogP contribution is -2.30. The highest BCUT2D eigenvalue weighted by Crippen LogP contribution is 2.22. The Morgan fingerprint density at radius 1 is 0.775 bits per heavy atom. The molecule has 2 amide bonds. The minimum Gasteiger partial charge on any atom is -0.321 e. The number of thioether (sulfide) groups is 1. The first-order chi connectivity index (χ1) is 19.3. The van der Waals surface area contributed by atoms with Gasteiger partial charge in [-0.15, -0.1) is 11.8 Å². The Kier molecular flexibility index (Phi) is 9.71. The maximum absolute atomic E-state index is 13.3. The van der Waals surface area contributed by atoms with Crippen molar-refractivity contribution in [3.05, 3.63) is 137 Å². The molecule has 202 valence electrons. The maximum atomic E-state index is 13.3. The van der Waals surface area contributed by atoms with Crippen LogP contribution in [0.4, 0.5) is 5.69 Å². The summed E-state index contributed by atoms with van der Waals surface area (Å²) >= 11 is 1.44. The summed E-state index contributed by atoms with van der Waals surface area (Å²) in [5, 5.41) is 5.64. The Bertz CT molecular complexity index is 1490. The van der Waals surface area contributed by atoms with Gasteiger partial charge in [-0.05, 0) is 66.4 Å². The third-order valence-corrected chi connectivity index (χ3v) is 7.31. The molecule has 0 spiro atoms. The average Bonchev–Trinajstić information content (AvgIpc) is 2.97. The number of anilines is 1. The number of benzene rings is 4. The van der Waals surface area contributed by atoms with Gasteiger partial charge in [0.05, 0.1) is 5.75 Å². The lowest BCUT2D eigenvalue weighted by atomic mass is 10.0. The first-order valence-electron chi connectivity index (χ1n) is 13.1. The summed E-state index contributed by atoms with van der Waals surface area (Å²) in [7, 11) is 0. The highest BCUT2D eigenvalue weighted by atomic mass is 32.2. The molecule has 4 rings (SSSR count). The van der Waals surface area contributed by atoms with E-state index in [1.807, 2.05) is 73.7 Å². The van der Waals surface area contributed by atoms with Crippen molar-refractivity contribution < 1.29 is 14.4 Å². The molecular formula is C34H32N2O3S. The second kappa shape index (κ2) is 13.6. The fraction of sp³-hybridized carbons (Fsp3) is 0.147. The fourth-order valence-corrected chi connectivity index (χ4v) is 4.68. The van der Waals surface area contributed by atoms with E-state index in [-0.39, 0.29) is 17.4 Å². The zero-order valence-corrected chi connectivity index (χ0v) is 23.6. The van der Waals surface area contributed by atoms with E-state index >= 15 is 0 Å². The zero-order chi connectivity index (χ0) is 28.5. The quantitative estimate of drug-likeness (QED) is 0.122. The van der Waals surface area contributed by atoms with Gasteiger partial charge in [0.1, 0.15) is 5.70 Å². The van der Waals surface area contributed by atoms with Gasteiger partial charge >= 0.3 is 0 Å². The third kappa shape index (κ3) is 8.04. The molecule has 0 aliphatic carbocycles. The predicted molar refractivity (Wildman–Crippen MR) is 164 cm³/mol. The van der Waals surface area contributed by atoms with Crippen LogP contribution in [0.15, 0.2) is 114 Å². The van der Waals surface area contributed by atoms with Crippen molar-refractivity contribution >= 4 is 41.1 Å². The second-order valence-corrected chi connectivity index (χ2v) is 10.8. The topological polar surface area (TPSA) is 75.3 Å². The van der Waals surface area contributed by atoms with Crippen LogP contribution in [0.3, 0.4) is 0 Å². The van der Waals surface area contributed by atoms with Crippen molar-refractivity contribution in [1.29, 1.82) is 0 Å². The molecule has 4 aromatic carbocycles. The maximum Gasteiger partial charge on any atom is 0.272 e. The van der Waals surface area contributed by atoms with Gasteiger partial charge in [0.25, 0.3) is 11.8 Å². The van der Waals surface area contributed by atoms with Crippen LogP contribution in [-0.4, -0.2) is 23.4 Å². The summed E-state index contributed by atoms with van der Waals surface area (Å²) in [6.45, 7) is 6.23. The molecule has 0 fully saturated rings. The number of amides is 2. The molecule has 5 nitrogen and oxygen atoms in total. The summed E-state index contributed by atoms with van der Waals surface area (Å²) in [4.78, 5) is 39.6. The molecule has 0 atom stereocenters. The minimum atomic E-state index is -0.438. The van der Waals surface area contributed by atoms with Crippen LogP contribution in [-0.2, 0) is 4.79 Å². The highest BCUT2D eigenvalue weighted by molar-refractivity contribution is 8.00. The number of aryl methyl sites for hydroxylation is 1. The van der Waals surface area contributed by atoms with Gasteiger partial charge in [0.15, 0.2) is 5.78 Å². The van der Waals surface area contributed by atoms with Crippen LogP contribution >= 0.6 is 11.8 Å². The number of carbonyl (C=O) groups is 3. The fourth-order valence-electron chi connectivity index (χ4n) is 3.89. The molecule has 6 heteroatoms. The van der Waals surface area contributed by atoms with Crippen LogP contribution in [0.1, 0.15) is 57.2 Å². The Morgan fingerprint density at radius 3 is 2.05 bits per heavy atom. The third-order valence-electron chi connectivity index (χ3n) is 6.30. The molecule has 4 aromatic rings. The van der Waals surface area contributed by atoms with Gasteiger partial charge in [0.2, 0.25) is 0 Å². The van der Waals surface area contributed by atoms with Gasteiger partial charge in [-0.1, -0.05) is 86.1 Å².